The van der Waals surface area contributed by atoms with Crippen molar-refractivity contribution in [3.8, 4) is 5.75 Å². The average Bonchev–Trinajstić information content (AvgIpc) is 3.91. The summed E-state index contributed by atoms with van der Waals surface area (Å²) in [5.41, 5.74) is 10.4. The van der Waals surface area contributed by atoms with Crippen LogP contribution in [0.25, 0.3) is 22.1 Å². The fraction of sp³-hybridized carbons (Fsp3) is 0.333. The highest BCUT2D eigenvalue weighted by atomic mass is 16.6. The van der Waals surface area contributed by atoms with E-state index in [9.17, 15) is 19.2 Å². The molecule has 4 aromatic heterocycles. The summed E-state index contributed by atoms with van der Waals surface area (Å²) in [7, 11) is 1.28. The lowest BCUT2D eigenvalue weighted by Crippen LogP contribution is -2.20. The molecule has 3 amide bonds. The summed E-state index contributed by atoms with van der Waals surface area (Å²) in [5, 5.41) is 14.7. The summed E-state index contributed by atoms with van der Waals surface area (Å²) in [4.78, 5) is 60.2. The Morgan fingerprint density at radius 3 is 1.92 bits per heavy atom. The molecule has 0 saturated heterocycles. The summed E-state index contributed by atoms with van der Waals surface area (Å²) in [6.45, 7) is 9.05. The summed E-state index contributed by atoms with van der Waals surface area (Å²) in [6, 6.07) is 13.8. The number of para-hydroxylation sites is 1. The molecule has 17 nitrogen and oxygen atoms in total. The van der Waals surface area contributed by atoms with E-state index in [1.54, 1.807) is 51.8 Å². The number of aryl methyl sites for hydroxylation is 6. The molecule has 17 heteroatoms. The Morgan fingerprint density at radius 2 is 1.36 bits per heavy atom. The van der Waals surface area contributed by atoms with Gasteiger partial charge in [-0.25, -0.2) is 14.8 Å². The van der Waals surface area contributed by atoms with E-state index >= 15 is 0 Å². The molecule has 0 spiro atoms. The van der Waals surface area contributed by atoms with Gasteiger partial charge in [-0.3, -0.25) is 34.4 Å². The summed E-state index contributed by atoms with van der Waals surface area (Å²) >= 11 is 0. The second kappa shape index (κ2) is 15.4. The van der Waals surface area contributed by atoms with E-state index in [1.165, 1.54) is 7.11 Å². The number of benzene rings is 2. The van der Waals surface area contributed by atoms with E-state index < -0.39 is 11.9 Å². The third kappa shape index (κ3) is 7.58. The smallest absolute Gasteiger partial charge is 0.343 e. The highest BCUT2D eigenvalue weighted by molar-refractivity contribution is 6.04. The number of unbranched alkanes of at least 4 members (excludes halogenated alkanes) is 1. The zero-order valence-electron chi connectivity index (χ0n) is 30.2. The Kier molecular flexibility index (Phi) is 10.5. The molecular formula is C36H41N11O6. The number of imidazole rings is 2. The number of nitrogens with two attached hydrogens (primary N) is 1. The number of methoxy groups -OCH3 is 1. The molecule has 0 aliphatic heterocycles. The van der Waals surface area contributed by atoms with E-state index in [0.29, 0.717) is 107 Å². The van der Waals surface area contributed by atoms with Gasteiger partial charge in [0.2, 0.25) is 17.8 Å². The van der Waals surface area contributed by atoms with Crippen molar-refractivity contribution in [2.45, 2.75) is 66.7 Å². The van der Waals surface area contributed by atoms with Crippen molar-refractivity contribution in [2.75, 3.05) is 24.4 Å². The van der Waals surface area contributed by atoms with E-state index in [-0.39, 0.29) is 18.4 Å². The highest BCUT2D eigenvalue weighted by Gasteiger charge is 2.22. The summed E-state index contributed by atoms with van der Waals surface area (Å²) < 4.78 is 17.5. The van der Waals surface area contributed by atoms with Crippen molar-refractivity contribution in [1.29, 1.82) is 0 Å². The molecule has 4 heterocycles. The number of amides is 3. The molecule has 0 aliphatic rings. The molecule has 2 aromatic carbocycles. The van der Waals surface area contributed by atoms with Crippen molar-refractivity contribution < 1.29 is 28.7 Å². The number of esters is 1. The van der Waals surface area contributed by atoms with Crippen LogP contribution in [0.15, 0.2) is 48.5 Å². The first kappa shape index (κ1) is 36.3. The minimum absolute atomic E-state index is 0.295. The first-order valence-corrected chi connectivity index (χ1v) is 17.2. The number of anilines is 2. The molecule has 0 saturated carbocycles. The average molecular weight is 724 g/mol. The summed E-state index contributed by atoms with van der Waals surface area (Å²) in [6.07, 6.45) is 1.23. The van der Waals surface area contributed by atoms with Crippen LogP contribution >= 0.6 is 0 Å². The Labute approximate surface area is 304 Å². The lowest BCUT2D eigenvalue weighted by atomic mass is 10.2. The van der Waals surface area contributed by atoms with Gasteiger partial charge in [-0.05, 0) is 83.0 Å². The van der Waals surface area contributed by atoms with Gasteiger partial charge in [-0.1, -0.05) is 6.07 Å². The van der Waals surface area contributed by atoms with Crippen LogP contribution in [0.1, 0.15) is 69.4 Å². The zero-order valence-corrected chi connectivity index (χ0v) is 30.2. The maximum Gasteiger partial charge on any atom is 0.343 e. The van der Waals surface area contributed by atoms with Crippen molar-refractivity contribution >= 4 is 57.7 Å². The first-order valence-electron chi connectivity index (χ1n) is 17.2. The Balaban J connectivity index is 1.28. The molecule has 0 bridgehead atoms. The molecule has 276 valence electrons. The number of fused-ring (bicyclic) bond motifs is 2. The van der Waals surface area contributed by atoms with E-state index in [2.05, 4.69) is 25.8 Å². The number of nitrogens with one attached hydrogen (secondary N) is 2. The SMILES string of the molecule is CCn1nc(C)cc1C(=O)Nc1nc2cc(C(N)=O)ccc2n1CCCCn1c(NC(=O)c2cc(C)nn2CC)nc2c(OCC(=O)OC)cccc21. The molecule has 6 rings (SSSR count). The van der Waals surface area contributed by atoms with Crippen molar-refractivity contribution in [1.82, 2.24) is 38.7 Å². The number of nitrogens with zero attached hydrogens (tertiary/aromatic N) is 8. The number of hydrogen-bond donors (Lipinski definition) is 3. The minimum Gasteiger partial charge on any atom is -0.480 e. The largest absolute Gasteiger partial charge is 0.480 e. The molecular weight excluding hydrogens is 682 g/mol. The van der Waals surface area contributed by atoms with Gasteiger partial charge < -0.3 is 24.3 Å². The van der Waals surface area contributed by atoms with Crippen LogP contribution in [-0.4, -0.2) is 76.1 Å². The predicted molar refractivity (Wildman–Crippen MR) is 196 cm³/mol. The molecule has 0 radical (unpaired) electrons. The zero-order chi connectivity index (χ0) is 37.8. The first-order chi connectivity index (χ1) is 25.5. The predicted octanol–water partition coefficient (Wildman–Crippen LogP) is 4.07. The quantitative estimate of drug-likeness (QED) is 0.102. The van der Waals surface area contributed by atoms with Gasteiger partial charge in [-0.15, -0.1) is 0 Å². The van der Waals surface area contributed by atoms with Gasteiger partial charge in [0, 0.05) is 31.7 Å². The Hall–Kier alpha value is -6.52. The second-order valence-electron chi connectivity index (χ2n) is 12.3. The summed E-state index contributed by atoms with van der Waals surface area (Å²) in [5.74, 6) is -0.907. The van der Waals surface area contributed by atoms with Crippen molar-refractivity contribution in [3.63, 3.8) is 0 Å². The van der Waals surface area contributed by atoms with Crippen LogP contribution in [0.2, 0.25) is 0 Å². The lowest BCUT2D eigenvalue weighted by Gasteiger charge is -2.13. The number of rotatable bonds is 15. The maximum absolute atomic E-state index is 13.5. The minimum atomic E-state index is -0.585. The number of hydrogen-bond acceptors (Lipinski definition) is 10. The van der Waals surface area contributed by atoms with Crippen molar-refractivity contribution in [2.24, 2.45) is 5.73 Å². The van der Waals surface area contributed by atoms with Gasteiger partial charge in [0.05, 0.1) is 35.0 Å². The van der Waals surface area contributed by atoms with Crippen LogP contribution in [0.5, 0.6) is 5.75 Å². The van der Waals surface area contributed by atoms with Gasteiger partial charge in [0.25, 0.3) is 11.8 Å². The number of carbonyl (C=O) groups is 4. The topological polar surface area (TPSA) is 208 Å². The van der Waals surface area contributed by atoms with Crippen LogP contribution < -0.4 is 21.1 Å². The number of ether oxygens (including phenoxy) is 2. The Morgan fingerprint density at radius 1 is 0.774 bits per heavy atom. The number of primary amides is 1. The number of aromatic nitrogens is 8. The van der Waals surface area contributed by atoms with E-state index in [1.807, 2.05) is 42.9 Å². The van der Waals surface area contributed by atoms with Gasteiger partial charge in [0.15, 0.2) is 6.61 Å². The molecule has 0 aliphatic carbocycles. The van der Waals surface area contributed by atoms with Crippen molar-refractivity contribution in [3.05, 3.63) is 76.9 Å². The molecule has 53 heavy (non-hydrogen) atoms. The second-order valence-corrected chi connectivity index (χ2v) is 12.3. The van der Waals surface area contributed by atoms with Crippen LogP contribution in [0.4, 0.5) is 11.9 Å². The molecule has 6 aromatic rings. The third-order valence-corrected chi connectivity index (χ3v) is 8.68. The fourth-order valence-electron chi connectivity index (χ4n) is 6.17. The standard InChI is InChI=1S/C36H41N11O6/c1-6-46-27(17-21(3)42-46)33(50)40-35-38-24-19-23(32(37)49)13-14-25(24)44(35)15-8-9-16-45-26-11-10-12-29(53-20-30(48)52-5)31(26)39-36(45)41-34(51)28-18-22(4)43-47(28)7-2/h10-14,17-19H,6-9,15-16,20H2,1-5H3,(H2,37,49)(H,38,40,50)(H,39,41,51). The van der Waals surface area contributed by atoms with E-state index in [4.69, 9.17) is 20.2 Å². The van der Waals surface area contributed by atoms with Gasteiger partial charge >= 0.3 is 5.97 Å². The molecule has 0 atom stereocenters. The monoisotopic (exact) mass is 723 g/mol. The van der Waals surface area contributed by atoms with Crippen LogP contribution in [0.3, 0.4) is 0 Å². The normalized spacial score (nSPS) is 11.3. The third-order valence-electron chi connectivity index (χ3n) is 8.68. The lowest BCUT2D eigenvalue weighted by molar-refractivity contribution is -0.142. The highest BCUT2D eigenvalue weighted by Crippen LogP contribution is 2.30. The van der Waals surface area contributed by atoms with Crippen LogP contribution in [0, 0.1) is 13.8 Å². The molecule has 0 unspecified atom stereocenters. The Bertz CT molecular complexity index is 2350. The van der Waals surface area contributed by atoms with Crippen LogP contribution in [-0.2, 0) is 35.7 Å². The van der Waals surface area contributed by atoms with Gasteiger partial charge in [0.1, 0.15) is 22.7 Å². The maximum atomic E-state index is 13.5. The fourth-order valence-corrected chi connectivity index (χ4v) is 6.17. The number of carbonyl (C=O) groups excluding carboxylic acids is 4. The van der Waals surface area contributed by atoms with Gasteiger partial charge in [-0.2, -0.15) is 10.2 Å². The molecule has 4 N–H and O–H groups in total. The molecule has 0 fully saturated rings. The van der Waals surface area contributed by atoms with E-state index in [0.717, 1.165) is 0 Å².